The minimum atomic E-state index is -0.809. The third-order valence-electron chi connectivity index (χ3n) is 1.88. The minimum absolute atomic E-state index is 0.809. The lowest BCUT2D eigenvalue weighted by Crippen LogP contribution is -2.22. The Morgan fingerprint density at radius 1 is 1.33 bits per heavy atom. The Labute approximate surface area is 60.7 Å². The first-order chi connectivity index (χ1) is 4.12. The van der Waals surface area contributed by atoms with Crippen LogP contribution >= 0.6 is 0 Å². The highest BCUT2D eigenvalue weighted by Crippen LogP contribution is 2.16. The summed E-state index contributed by atoms with van der Waals surface area (Å²) in [5, 5.41) is 0. The Morgan fingerprint density at radius 2 is 1.89 bits per heavy atom. The lowest BCUT2D eigenvalue weighted by atomic mass is 10.4. The molecule has 0 aliphatic heterocycles. The van der Waals surface area contributed by atoms with Gasteiger partial charge in [-0.3, -0.25) is 0 Å². The van der Waals surface area contributed by atoms with E-state index in [-0.39, 0.29) is 0 Å². The zero-order valence-corrected chi connectivity index (χ0v) is 8.04. The van der Waals surface area contributed by atoms with Crippen molar-refractivity contribution in [2.75, 3.05) is 0 Å². The van der Waals surface area contributed by atoms with Gasteiger partial charge in [-0.25, -0.2) is 0 Å². The van der Waals surface area contributed by atoms with Gasteiger partial charge < -0.3 is 0 Å². The Kier molecular flexibility index (Phi) is 4.20. The molecule has 0 aromatic rings. The highest BCUT2D eigenvalue weighted by molar-refractivity contribution is 6.77. The van der Waals surface area contributed by atoms with E-state index < -0.39 is 8.07 Å². The van der Waals surface area contributed by atoms with E-state index >= 15 is 0 Å². The van der Waals surface area contributed by atoms with Crippen LogP contribution in [0.5, 0.6) is 0 Å². The van der Waals surface area contributed by atoms with Crippen molar-refractivity contribution in [3.05, 3.63) is 6.92 Å². The maximum absolute atomic E-state index is 3.97. The van der Waals surface area contributed by atoms with Gasteiger partial charge in [0.2, 0.25) is 0 Å². The summed E-state index contributed by atoms with van der Waals surface area (Å²) in [6, 6.07) is 2.67. The average molecular weight is 143 g/mol. The molecule has 0 amide bonds. The van der Waals surface area contributed by atoms with Crippen LogP contribution in [0.1, 0.15) is 19.8 Å². The summed E-state index contributed by atoms with van der Waals surface area (Å²) in [5.74, 6) is 0. The molecule has 0 aliphatic carbocycles. The van der Waals surface area contributed by atoms with Gasteiger partial charge in [0, 0.05) is 8.07 Å². The monoisotopic (exact) mass is 143 g/mol. The molecule has 0 aromatic carbocycles. The Bertz CT molecular complexity index is 67.0. The van der Waals surface area contributed by atoms with Gasteiger partial charge in [-0.15, -0.1) is 0 Å². The predicted octanol–water partition coefficient (Wildman–Crippen LogP) is 3.33. The molecule has 0 aromatic heterocycles. The van der Waals surface area contributed by atoms with Gasteiger partial charge in [0.1, 0.15) is 0 Å². The molecular formula is C8H19Si. The van der Waals surface area contributed by atoms with E-state index in [9.17, 15) is 0 Å². The topological polar surface area (TPSA) is 0 Å². The molecule has 0 bridgehead atoms. The molecule has 0 unspecified atom stereocenters. The SMILES string of the molecule is [CH2]C[Si](C)(C)CCCC. The number of hydrogen-bond donors (Lipinski definition) is 0. The largest absolute Gasteiger partial charge is 0.0693 e. The minimum Gasteiger partial charge on any atom is -0.0693 e. The summed E-state index contributed by atoms with van der Waals surface area (Å²) >= 11 is 0. The van der Waals surface area contributed by atoms with Crippen molar-refractivity contribution in [2.24, 2.45) is 0 Å². The van der Waals surface area contributed by atoms with Crippen LogP contribution in [0.15, 0.2) is 0 Å². The molecule has 0 aliphatic rings. The zero-order chi connectivity index (χ0) is 7.33. The molecule has 55 valence electrons. The summed E-state index contributed by atoms with van der Waals surface area (Å²) in [6.07, 6.45) is 2.76. The third kappa shape index (κ3) is 4.70. The summed E-state index contributed by atoms with van der Waals surface area (Å²) in [4.78, 5) is 0. The van der Waals surface area contributed by atoms with Gasteiger partial charge in [-0.05, 0) is 0 Å². The van der Waals surface area contributed by atoms with E-state index in [1.165, 1.54) is 24.9 Å². The van der Waals surface area contributed by atoms with Crippen molar-refractivity contribution >= 4 is 8.07 Å². The second kappa shape index (κ2) is 4.10. The summed E-state index contributed by atoms with van der Waals surface area (Å²) in [6.45, 7) is 11.1. The number of rotatable bonds is 4. The molecule has 0 spiro atoms. The van der Waals surface area contributed by atoms with Crippen LogP contribution in [0.2, 0.25) is 25.2 Å². The summed E-state index contributed by atoms with van der Waals surface area (Å²) in [7, 11) is -0.809. The molecule has 0 fully saturated rings. The van der Waals surface area contributed by atoms with E-state index in [2.05, 4.69) is 26.9 Å². The van der Waals surface area contributed by atoms with Crippen LogP contribution in [0, 0.1) is 6.92 Å². The first-order valence-corrected chi connectivity index (χ1v) is 7.33. The quantitative estimate of drug-likeness (QED) is 0.530. The van der Waals surface area contributed by atoms with Gasteiger partial charge in [0.05, 0.1) is 0 Å². The van der Waals surface area contributed by atoms with Crippen LogP contribution in [0.25, 0.3) is 0 Å². The van der Waals surface area contributed by atoms with E-state index in [0.29, 0.717) is 0 Å². The molecule has 0 rings (SSSR count). The normalized spacial score (nSPS) is 12.0. The first kappa shape index (κ1) is 9.22. The van der Waals surface area contributed by atoms with Crippen molar-refractivity contribution in [3.63, 3.8) is 0 Å². The Morgan fingerprint density at radius 3 is 2.22 bits per heavy atom. The zero-order valence-electron chi connectivity index (χ0n) is 7.04. The lowest BCUT2D eigenvalue weighted by molar-refractivity contribution is 0.866. The highest BCUT2D eigenvalue weighted by Gasteiger charge is 2.15. The molecule has 0 heterocycles. The van der Waals surface area contributed by atoms with Crippen molar-refractivity contribution in [3.8, 4) is 0 Å². The number of unbranched alkanes of at least 4 members (excludes halogenated alkanes) is 1. The van der Waals surface area contributed by atoms with Crippen LogP contribution in [-0.2, 0) is 0 Å². The molecule has 0 atom stereocenters. The van der Waals surface area contributed by atoms with Gasteiger partial charge in [0.15, 0.2) is 0 Å². The van der Waals surface area contributed by atoms with Gasteiger partial charge in [-0.2, -0.15) is 0 Å². The molecule has 9 heavy (non-hydrogen) atoms. The first-order valence-electron chi connectivity index (χ1n) is 3.91. The molecule has 0 nitrogen and oxygen atoms in total. The smallest absolute Gasteiger partial charge is 0.0473 e. The van der Waals surface area contributed by atoms with Gasteiger partial charge >= 0.3 is 0 Å². The molecule has 0 saturated carbocycles. The standard InChI is InChI=1S/C8H19Si/c1-5-7-8-9(3,4)6-2/h2,5-8H2,1,3-4H3. The van der Waals surface area contributed by atoms with Crippen LogP contribution < -0.4 is 0 Å². The fourth-order valence-corrected chi connectivity index (χ4v) is 2.34. The maximum atomic E-state index is 3.97. The lowest BCUT2D eigenvalue weighted by Gasteiger charge is -2.18. The number of hydrogen-bond acceptors (Lipinski definition) is 0. The fourth-order valence-electron chi connectivity index (χ4n) is 0.780. The van der Waals surface area contributed by atoms with Gasteiger partial charge in [0.25, 0.3) is 0 Å². The van der Waals surface area contributed by atoms with Crippen molar-refractivity contribution in [1.82, 2.24) is 0 Å². The second-order valence-corrected chi connectivity index (χ2v) is 8.85. The van der Waals surface area contributed by atoms with Crippen LogP contribution in [-0.4, -0.2) is 8.07 Å². The maximum Gasteiger partial charge on any atom is 0.0473 e. The molecule has 0 N–H and O–H groups in total. The Balaban J connectivity index is 3.33. The predicted molar refractivity (Wildman–Crippen MR) is 47.4 cm³/mol. The molecule has 1 heteroatoms. The van der Waals surface area contributed by atoms with Crippen LogP contribution in [0.4, 0.5) is 0 Å². The second-order valence-electron chi connectivity index (χ2n) is 3.52. The average Bonchev–Trinajstić information content (AvgIpc) is 1.84. The van der Waals surface area contributed by atoms with E-state index in [1.54, 1.807) is 0 Å². The highest BCUT2D eigenvalue weighted by atomic mass is 28.3. The van der Waals surface area contributed by atoms with Crippen molar-refractivity contribution in [2.45, 2.75) is 44.9 Å². The fraction of sp³-hybridized carbons (Fsp3) is 0.875. The van der Waals surface area contributed by atoms with E-state index in [1.807, 2.05) is 0 Å². The summed E-state index contributed by atoms with van der Waals surface area (Å²) < 4.78 is 0. The molecular weight excluding hydrogens is 124 g/mol. The Hall–Kier alpha value is 0.217. The van der Waals surface area contributed by atoms with Crippen molar-refractivity contribution in [1.29, 1.82) is 0 Å². The molecule has 1 radical (unpaired) electrons. The molecule has 0 saturated heterocycles. The van der Waals surface area contributed by atoms with E-state index in [4.69, 9.17) is 0 Å². The van der Waals surface area contributed by atoms with Crippen molar-refractivity contribution < 1.29 is 0 Å². The van der Waals surface area contributed by atoms with Gasteiger partial charge in [-0.1, -0.05) is 51.9 Å². The van der Waals surface area contributed by atoms with Crippen LogP contribution in [0.3, 0.4) is 0 Å². The van der Waals surface area contributed by atoms with E-state index in [0.717, 1.165) is 0 Å². The third-order valence-corrected chi connectivity index (χ3v) is 4.94. The summed E-state index contributed by atoms with van der Waals surface area (Å²) in [5.41, 5.74) is 0.